The molecular weight excluding hydrogens is 342 g/mol. The van der Waals surface area contributed by atoms with Gasteiger partial charge in [-0.2, -0.15) is 4.72 Å². The lowest BCUT2D eigenvalue weighted by molar-refractivity contribution is -0.132. The quantitative estimate of drug-likeness (QED) is 0.817. The van der Waals surface area contributed by atoms with Crippen molar-refractivity contribution in [2.75, 3.05) is 18.4 Å². The summed E-state index contributed by atoms with van der Waals surface area (Å²) >= 11 is 0. The van der Waals surface area contributed by atoms with Gasteiger partial charge in [-0.1, -0.05) is 13.8 Å². The van der Waals surface area contributed by atoms with Crippen molar-refractivity contribution in [3.63, 3.8) is 0 Å². The predicted octanol–water partition coefficient (Wildman–Crippen LogP) is 1.11. The third kappa shape index (κ3) is 3.69. The molecular formula is C17H23N3O4S. The van der Waals surface area contributed by atoms with E-state index in [0.717, 1.165) is 12.8 Å². The Balaban J connectivity index is 1.82. The summed E-state index contributed by atoms with van der Waals surface area (Å²) < 4.78 is 28.1. The lowest BCUT2D eigenvalue weighted by atomic mass is 10.0. The molecule has 1 aromatic rings. The lowest BCUT2D eigenvalue weighted by Crippen LogP contribution is -2.50. The van der Waals surface area contributed by atoms with E-state index in [1.165, 1.54) is 12.1 Å². The van der Waals surface area contributed by atoms with Gasteiger partial charge in [-0.05, 0) is 42.5 Å². The van der Waals surface area contributed by atoms with Crippen LogP contribution in [0.3, 0.4) is 0 Å². The van der Waals surface area contributed by atoms with Gasteiger partial charge in [-0.15, -0.1) is 0 Å². The zero-order valence-corrected chi connectivity index (χ0v) is 15.2. The molecule has 2 aliphatic rings. The van der Waals surface area contributed by atoms with Gasteiger partial charge in [-0.3, -0.25) is 9.59 Å². The Morgan fingerprint density at radius 1 is 1.24 bits per heavy atom. The average molecular weight is 365 g/mol. The van der Waals surface area contributed by atoms with Gasteiger partial charge in [0.25, 0.3) is 0 Å². The van der Waals surface area contributed by atoms with Crippen molar-refractivity contribution in [1.29, 1.82) is 0 Å². The van der Waals surface area contributed by atoms with E-state index in [1.54, 1.807) is 11.0 Å². The molecule has 2 aliphatic heterocycles. The number of hydrogen-bond acceptors (Lipinski definition) is 4. The van der Waals surface area contributed by atoms with Crippen LogP contribution in [-0.4, -0.2) is 44.3 Å². The number of benzene rings is 1. The van der Waals surface area contributed by atoms with Crippen molar-refractivity contribution in [2.45, 2.75) is 44.0 Å². The maximum Gasteiger partial charge on any atom is 0.241 e. The summed E-state index contributed by atoms with van der Waals surface area (Å²) in [6.07, 6.45) is 2.07. The number of carbonyl (C=O) groups excluding carboxylic acids is 2. The number of carbonyl (C=O) groups is 2. The number of rotatable bonds is 5. The second kappa shape index (κ2) is 6.76. The van der Waals surface area contributed by atoms with Crippen LogP contribution in [0.1, 0.15) is 32.3 Å². The number of anilines is 1. The standard InChI is InChI=1S/C17H23N3O4S/c1-11(2)16(17(22)20-7-3-4-8-20)19-25(23,24)13-5-6-14-12(9-13)10-15(21)18-14/h5-6,9,11,16,19H,3-4,7-8,10H2,1-2H3,(H,18,21)/t16-/m1/s1. The monoisotopic (exact) mass is 365 g/mol. The number of hydrogen-bond donors (Lipinski definition) is 2. The second-order valence-corrected chi connectivity index (χ2v) is 8.63. The summed E-state index contributed by atoms with van der Waals surface area (Å²) in [7, 11) is -3.85. The third-order valence-corrected chi connectivity index (χ3v) is 6.08. The normalized spacial score (nSPS) is 18.4. The van der Waals surface area contributed by atoms with Crippen LogP contribution in [0.15, 0.2) is 23.1 Å². The Hall–Kier alpha value is -1.93. The van der Waals surface area contributed by atoms with Crippen LogP contribution in [0.5, 0.6) is 0 Å². The van der Waals surface area contributed by atoms with Gasteiger partial charge in [0.2, 0.25) is 21.8 Å². The van der Waals surface area contributed by atoms with Gasteiger partial charge in [-0.25, -0.2) is 8.42 Å². The number of nitrogens with zero attached hydrogens (tertiary/aromatic N) is 1. The first-order valence-corrected chi connectivity index (χ1v) is 10.00. The molecule has 7 nitrogen and oxygen atoms in total. The summed E-state index contributed by atoms with van der Waals surface area (Å²) in [5, 5.41) is 2.68. The molecule has 2 heterocycles. The molecule has 136 valence electrons. The van der Waals surface area contributed by atoms with Crippen LogP contribution < -0.4 is 10.0 Å². The summed E-state index contributed by atoms with van der Waals surface area (Å²) in [6, 6.07) is 3.73. The largest absolute Gasteiger partial charge is 0.341 e. The molecule has 8 heteroatoms. The first kappa shape index (κ1) is 17.9. The highest BCUT2D eigenvalue weighted by atomic mass is 32.2. The second-order valence-electron chi connectivity index (χ2n) is 6.92. The van der Waals surface area contributed by atoms with E-state index in [0.29, 0.717) is 24.3 Å². The van der Waals surface area contributed by atoms with Crippen molar-refractivity contribution in [2.24, 2.45) is 5.92 Å². The molecule has 0 saturated carbocycles. The van der Waals surface area contributed by atoms with Gasteiger partial charge in [0.1, 0.15) is 6.04 Å². The Morgan fingerprint density at radius 3 is 2.56 bits per heavy atom. The minimum Gasteiger partial charge on any atom is -0.341 e. The number of fused-ring (bicyclic) bond motifs is 1. The van der Waals surface area contributed by atoms with E-state index >= 15 is 0 Å². The van der Waals surface area contributed by atoms with Crippen molar-refractivity contribution in [3.05, 3.63) is 23.8 Å². The van der Waals surface area contributed by atoms with E-state index in [4.69, 9.17) is 0 Å². The molecule has 0 spiro atoms. The van der Waals surface area contributed by atoms with Gasteiger partial charge in [0, 0.05) is 18.8 Å². The fraction of sp³-hybridized carbons (Fsp3) is 0.529. The molecule has 0 aliphatic carbocycles. The minimum absolute atomic E-state index is 0.0719. The molecule has 0 radical (unpaired) electrons. The molecule has 3 rings (SSSR count). The SMILES string of the molecule is CC(C)[C@@H](NS(=O)(=O)c1ccc2c(c1)CC(=O)N2)C(=O)N1CCCC1. The number of nitrogens with one attached hydrogen (secondary N) is 2. The Labute approximate surface area is 147 Å². The summed E-state index contributed by atoms with van der Waals surface area (Å²) in [5.41, 5.74) is 1.29. The highest BCUT2D eigenvalue weighted by Crippen LogP contribution is 2.26. The highest BCUT2D eigenvalue weighted by Gasteiger charge is 2.33. The van der Waals surface area contributed by atoms with Gasteiger partial charge in [0.15, 0.2) is 0 Å². The highest BCUT2D eigenvalue weighted by molar-refractivity contribution is 7.89. The summed E-state index contributed by atoms with van der Waals surface area (Å²) in [6.45, 7) is 5.01. The fourth-order valence-electron chi connectivity index (χ4n) is 3.21. The summed E-state index contributed by atoms with van der Waals surface area (Å²) in [4.78, 5) is 25.9. The molecule has 25 heavy (non-hydrogen) atoms. The van der Waals surface area contributed by atoms with Crippen LogP contribution in [-0.2, 0) is 26.0 Å². The van der Waals surface area contributed by atoms with Crippen molar-refractivity contribution in [1.82, 2.24) is 9.62 Å². The van der Waals surface area contributed by atoms with Crippen molar-refractivity contribution < 1.29 is 18.0 Å². The van der Waals surface area contributed by atoms with Crippen LogP contribution in [0.25, 0.3) is 0 Å². The van der Waals surface area contributed by atoms with Crippen LogP contribution in [0.4, 0.5) is 5.69 Å². The molecule has 1 atom stereocenters. The predicted molar refractivity (Wildman–Crippen MR) is 93.5 cm³/mol. The number of likely N-dealkylation sites (tertiary alicyclic amines) is 1. The van der Waals surface area contributed by atoms with E-state index in [2.05, 4.69) is 10.0 Å². The first-order valence-electron chi connectivity index (χ1n) is 8.52. The molecule has 2 amide bonds. The smallest absolute Gasteiger partial charge is 0.241 e. The van der Waals surface area contributed by atoms with E-state index in [9.17, 15) is 18.0 Å². The summed E-state index contributed by atoms with van der Waals surface area (Å²) in [5.74, 6) is -0.489. The van der Waals surface area contributed by atoms with Crippen molar-refractivity contribution in [3.8, 4) is 0 Å². The zero-order valence-electron chi connectivity index (χ0n) is 14.4. The van der Waals surface area contributed by atoms with Gasteiger partial charge in [0.05, 0.1) is 11.3 Å². The maximum atomic E-state index is 12.8. The van der Waals surface area contributed by atoms with Crippen LogP contribution in [0, 0.1) is 5.92 Å². The molecule has 0 bridgehead atoms. The van der Waals surface area contributed by atoms with Crippen LogP contribution in [0.2, 0.25) is 0 Å². The van der Waals surface area contributed by atoms with Crippen molar-refractivity contribution >= 4 is 27.5 Å². The zero-order chi connectivity index (χ0) is 18.2. The van der Waals surface area contributed by atoms with E-state index in [-0.39, 0.29) is 29.0 Å². The van der Waals surface area contributed by atoms with Crippen LogP contribution >= 0.6 is 0 Å². The molecule has 1 saturated heterocycles. The number of sulfonamides is 1. The lowest BCUT2D eigenvalue weighted by Gasteiger charge is -2.26. The molecule has 1 fully saturated rings. The Bertz CT molecular complexity index is 798. The number of amides is 2. The third-order valence-electron chi connectivity index (χ3n) is 4.64. The topological polar surface area (TPSA) is 95.6 Å². The Kier molecular flexibility index (Phi) is 4.83. The maximum absolute atomic E-state index is 12.8. The molecule has 0 aromatic heterocycles. The molecule has 0 unspecified atom stereocenters. The first-order chi connectivity index (χ1) is 11.8. The van der Waals surface area contributed by atoms with E-state index < -0.39 is 16.1 Å². The molecule has 2 N–H and O–H groups in total. The fourth-order valence-corrected chi connectivity index (χ4v) is 4.60. The van der Waals surface area contributed by atoms with E-state index in [1.807, 2.05) is 13.8 Å². The minimum atomic E-state index is -3.85. The molecule has 1 aromatic carbocycles. The van der Waals surface area contributed by atoms with Gasteiger partial charge < -0.3 is 10.2 Å². The Morgan fingerprint density at radius 2 is 1.92 bits per heavy atom. The average Bonchev–Trinajstić information content (AvgIpc) is 3.19. The van der Waals surface area contributed by atoms with Gasteiger partial charge >= 0.3 is 0 Å².